The lowest BCUT2D eigenvalue weighted by Gasteiger charge is -2.09. The molecular formula is C12H11Cl2NO3. The third-order valence-corrected chi connectivity index (χ3v) is 2.54. The zero-order chi connectivity index (χ0) is 13.7. The second-order valence-electron chi connectivity index (χ2n) is 3.50. The fourth-order valence-electron chi connectivity index (χ4n) is 1.05. The van der Waals surface area contributed by atoms with E-state index in [0.717, 1.165) is 0 Å². The molecule has 1 N–H and O–H groups in total. The van der Waals surface area contributed by atoms with Crippen molar-refractivity contribution in [2.75, 3.05) is 11.9 Å². The van der Waals surface area contributed by atoms with E-state index >= 15 is 0 Å². The summed E-state index contributed by atoms with van der Waals surface area (Å²) in [6, 6.07) is 4.83. The zero-order valence-corrected chi connectivity index (χ0v) is 11.1. The Morgan fingerprint density at radius 3 is 2.39 bits per heavy atom. The molecule has 0 atom stereocenters. The number of anilines is 1. The Morgan fingerprint density at radius 1 is 1.33 bits per heavy atom. The van der Waals surface area contributed by atoms with Gasteiger partial charge in [0.05, 0.1) is 15.7 Å². The molecule has 0 radical (unpaired) electrons. The average Bonchev–Trinajstić information content (AvgIpc) is 2.30. The van der Waals surface area contributed by atoms with Crippen LogP contribution >= 0.6 is 23.2 Å². The molecule has 1 aromatic carbocycles. The number of hydrogen-bond acceptors (Lipinski definition) is 3. The Bertz CT molecular complexity index is 480. The number of carbonyl (C=O) groups excluding carboxylic acids is 2. The number of esters is 1. The van der Waals surface area contributed by atoms with E-state index < -0.39 is 18.5 Å². The summed E-state index contributed by atoms with van der Waals surface area (Å²) in [5.74, 6) is -1.16. The van der Waals surface area contributed by atoms with Crippen LogP contribution in [0.2, 0.25) is 10.0 Å². The summed E-state index contributed by atoms with van der Waals surface area (Å²) in [5.41, 5.74) is 0.510. The van der Waals surface area contributed by atoms with Crippen molar-refractivity contribution in [3.05, 3.63) is 40.4 Å². The number of hydrogen-bond donors (Lipinski definition) is 1. The number of carbonyl (C=O) groups is 2. The van der Waals surface area contributed by atoms with Gasteiger partial charge < -0.3 is 10.1 Å². The van der Waals surface area contributed by atoms with Gasteiger partial charge in [-0.25, -0.2) is 4.79 Å². The molecule has 96 valence electrons. The number of benzene rings is 1. The Morgan fingerprint density at radius 2 is 1.89 bits per heavy atom. The van der Waals surface area contributed by atoms with E-state index in [0.29, 0.717) is 10.0 Å². The van der Waals surface area contributed by atoms with Crippen LogP contribution in [0.3, 0.4) is 0 Å². The molecule has 0 heterocycles. The van der Waals surface area contributed by atoms with Gasteiger partial charge in [-0.3, -0.25) is 4.79 Å². The van der Waals surface area contributed by atoms with Gasteiger partial charge in [0.15, 0.2) is 6.61 Å². The number of rotatable bonds is 4. The number of halogens is 2. The predicted octanol–water partition coefficient (Wildman–Crippen LogP) is 3.05. The Kier molecular flexibility index (Phi) is 5.19. The smallest absolute Gasteiger partial charge is 0.333 e. The highest BCUT2D eigenvalue weighted by atomic mass is 35.5. The molecule has 1 rings (SSSR count). The van der Waals surface area contributed by atoms with Crippen LogP contribution in [0, 0.1) is 0 Å². The first-order valence-corrected chi connectivity index (χ1v) is 5.74. The van der Waals surface area contributed by atoms with Gasteiger partial charge in [0.2, 0.25) is 0 Å². The molecule has 0 aliphatic carbocycles. The molecule has 4 nitrogen and oxygen atoms in total. The largest absolute Gasteiger partial charge is 0.452 e. The SMILES string of the molecule is C=C(C)C(=O)OCC(=O)Nc1c(Cl)cccc1Cl. The molecule has 6 heteroatoms. The first kappa shape index (κ1) is 14.5. The van der Waals surface area contributed by atoms with Crippen LogP contribution in [0.1, 0.15) is 6.92 Å². The number of amides is 1. The molecule has 0 fully saturated rings. The Hall–Kier alpha value is -1.52. The molecular weight excluding hydrogens is 277 g/mol. The number of para-hydroxylation sites is 1. The maximum atomic E-state index is 11.5. The van der Waals surface area contributed by atoms with Crippen molar-refractivity contribution in [2.45, 2.75) is 6.92 Å². The minimum absolute atomic E-state index is 0.221. The van der Waals surface area contributed by atoms with Gasteiger partial charge in [-0.05, 0) is 19.1 Å². The molecule has 0 unspecified atom stereocenters. The first-order valence-electron chi connectivity index (χ1n) is 4.98. The fraction of sp³-hybridized carbons (Fsp3) is 0.167. The van der Waals surface area contributed by atoms with Gasteiger partial charge in [-0.1, -0.05) is 35.8 Å². The maximum absolute atomic E-state index is 11.5. The van der Waals surface area contributed by atoms with E-state index in [2.05, 4.69) is 16.6 Å². The summed E-state index contributed by atoms with van der Waals surface area (Å²) in [7, 11) is 0. The molecule has 18 heavy (non-hydrogen) atoms. The summed E-state index contributed by atoms with van der Waals surface area (Å²) in [4.78, 5) is 22.6. The Labute approximate surface area is 115 Å². The van der Waals surface area contributed by atoms with Crippen LogP contribution in [0.15, 0.2) is 30.4 Å². The average molecular weight is 288 g/mol. The lowest BCUT2D eigenvalue weighted by atomic mass is 10.3. The molecule has 0 saturated heterocycles. The van der Waals surface area contributed by atoms with Crippen molar-refractivity contribution >= 4 is 40.8 Å². The number of ether oxygens (including phenoxy) is 1. The van der Waals surface area contributed by atoms with E-state index in [1.54, 1.807) is 18.2 Å². The van der Waals surface area contributed by atoms with Crippen LogP contribution in [0.5, 0.6) is 0 Å². The van der Waals surface area contributed by atoms with Crippen LogP contribution in [-0.2, 0) is 14.3 Å². The van der Waals surface area contributed by atoms with Crippen molar-refractivity contribution in [1.82, 2.24) is 0 Å². The van der Waals surface area contributed by atoms with Gasteiger partial charge in [0.1, 0.15) is 0 Å². The summed E-state index contributed by atoms with van der Waals surface area (Å²) < 4.78 is 4.68. The topological polar surface area (TPSA) is 55.4 Å². The Balaban J connectivity index is 2.60. The highest BCUT2D eigenvalue weighted by molar-refractivity contribution is 6.39. The minimum Gasteiger partial charge on any atom is -0.452 e. The second-order valence-corrected chi connectivity index (χ2v) is 4.32. The van der Waals surface area contributed by atoms with Crippen LogP contribution < -0.4 is 5.32 Å². The highest BCUT2D eigenvalue weighted by Crippen LogP contribution is 2.29. The first-order chi connectivity index (χ1) is 8.41. The van der Waals surface area contributed by atoms with Crippen molar-refractivity contribution in [3.8, 4) is 0 Å². The molecule has 0 spiro atoms. The molecule has 1 aromatic rings. The second kappa shape index (κ2) is 6.42. The molecule has 0 aliphatic heterocycles. The molecule has 0 bridgehead atoms. The quantitative estimate of drug-likeness (QED) is 0.684. The fourth-order valence-corrected chi connectivity index (χ4v) is 1.54. The third kappa shape index (κ3) is 4.05. The molecule has 0 saturated carbocycles. The molecule has 0 aliphatic rings. The summed E-state index contributed by atoms with van der Waals surface area (Å²) in [6.45, 7) is 4.46. The monoisotopic (exact) mass is 287 g/mol. The molecule has 0 aromatic heterocycles. The zero-order valence-electron chi connectivity index (χ0n) is 9.63. The summed E-state index contributed by atoms with van der Waals surface area (Å²) >= 11 is 11.7. The summed E-state index contributed by atoms with van der Waals surface area (Å²) in [5, 5.41) is 3.08. The minimum atomic E-state index is -0.629. The van der Waals surface area contributed by atoms with Crippen molar-refractivity contribution in [2.24, 2.45) is 0 Å². The van der Waals surface area contributed by atoms with Crippen molar-refractivity contribution in [3.63, 3.8) is 0 Å². The van der Waals surface area contributed by atoms with Crippen molar-refractivity contribution < 1.29 is 14.3 Å². The van der Waals surface area contributed by atoms with Gasteiger partial charge in [0, 0.05) is 5.57 Å². The maximum Gasteiger partial charge on any atom is 0.333 e. The van der Waals surface area contributed by atoms with Crippen LogP contribution in [0.4, 0.5) is 5.69 Å². The van der Waals surface area contributed by atoms with Crippen LogP contribution in [-0.4, -0.2) is 18.5 Å². The lowest BCUT2D eigenvalue weighted by Crippen LogP contribution is -2.21. The third-order valence-electron chi connectivity index (χ3n) is 1.91. The summed E-state index contributed by atoms with van der Waals surface area (Å²) in [6.07, 6.45) is 0. The number of nitrogens with one attached hydrogen (secondary N) is 1. The normalized spacial score (nSPS) is 9.72. The van der Waals surface area contributed by atoms with Crippen LogP contribution in [0.25, 0.3) is 0 Å². The van der Waals surface area contributed by atoms with Gasteiger partial charge in [0.25, 0.3) is 5.91 Å². The van der Waals surface area contributed by atoms with E-state index in [-0.39, 0.29) is 11.3 Å². The van der Waals surface area contributed by atoms with Gasteiger partial charge in [-0.15, -0.1) is 0 Å². The van der Waals surface area contributed by atoms with E-state index in [1.165, 1.54) is 6.92 Å². The predicted molar refractivity (Wildman–Crippen MR) is 70.9 cm³/mol. The van der Waals surface area contributed by atoms with Gasteiger partial charge >= 0.3 is 5.97 Å². The van der Waals surface area contributed by atoms with E-state index in [4.69, 9.17) is 23.2 Å². The molecule has 1 amide bonds. The van der Waals surface area contributed by atoms with Gasteiger partial charge in [-0.2, -0.15) is 0 Å². The standard InChI is InChI=1S/C12H11Cl2NO3/c1-7(2)12(17)18-6-10(16)15-11-8(13)4-3-5-9(11)14/h3-5H,1,6H2,2H3,(H,15,16). The lowest BCUT2D eigenvalue weighted by molar-refractivity contribution is -0.143. The van der Waals surface area contributed by atoms with E-state index in [1.807, 2.05) is 0 Å². The van der Waals surface area contributed by atoms with E-state index in [9.17, 15) is 9.59 Å². The van der Waals surface area contributed by atoms with Crippen molar-refractivity contribution in [1.29, 1.82) is 0 Å². The highest BCUT2D eigenvalue weighted by Gasteiger charge is 2.11.